The van der Waals surface area contributed by atoms with Gasteiger partial charge in [0.05, 0.1) is 6.10 Å². The number of nitrogens with one attached hydrogen (secondary N) is 1. The van der Waals surface area contributed by atoms with Crippen LogP contribution in [0.4, 0.5) is 5.69 Å². The largest absolute Gasteiger partial charge is 0.387 e. The number of likely N-dealkylation sites (N-methyl/N-ethyl adjacent to an activating group) is 1. The summed E-state index contributed by atoms with van der Waals surface area (Å²) in [5.74, 6) is -0.127. The molecule has 4 nitrogen and oxygen atoms in total. The van der Waals surface area contributed by atoms with Crippen LogP contribution in [0.1, 0.15) is 40.6 Å². The fourth-order valence-corrected chi connectivity index (χ4v) is 3.14. The lowest BCUT2D eigenvalue weighted by Gasteiger charge is -2.27. The number of aliphatic hydroxyl groups excluding tert-OH is 1. The first-order chi connectivity index (χ1) is 13.5. The van der Waals surface area contributed by atoms with Crippen LogP contribution in [-0.4, -0.2) is 29.5 Å². The summed E-state index contributed by atoms with van der Waals surface area (Å²) in [6.45, 7) is 2.61. The van der Waals surface area contributed by atoms with E-state index in [-0.39, 0.29) is 11.9 Å². The second kappa shape index (κ2) is 9.31. The van der Waals surface area contributed by atoms with Crippen molar-refractivity contribution in [3.8, 4) is 0 Å². The van der Waals surface area contributed by atoms with Crippen molar-refractivity contribution < 1.29 is 9.90 Å². The van der Waals surface area contributed by atoms with Gasteiger partial charge < -0.3 is 10.4 Å². The summed E-state index contributed by atoms with van der Waals surface area (Å²) in [6.07, 6.45) is -0.547. The summed E-state index contributed by atoms with van der Waals surface area (Å²) in [7, 11) is 1.99. The summed E-state index contributed by atoms with van der Waals surface area (Å²) in [6, 6.07) is 26.8. The lowest BCUT2D eigenvalue weighted by atomic mass is 10.0. The SMILES string of the molecule is C[C@H](c1cccc(NC(=O)c2ccccc2)c1)N(C)C[C@@H](O)c1ccccc1. The quantitative estimate of drug-likeness (QED) is 0.632. The molecule has 0 bridgehead atoms. The van der Waals surface area contributed by atoms with Crippen molar-refractivity contribution in [3.63, 3.8) is 0 Å². The third-order valence-electron chi connectivity index (χ3n) is 4.97. The zero-order chi connectivity index (χ0) is 19.9. The molecule has 3 rings (SSSR count). The molecule has 3 aromatic carbocycles. The van der Waals surface area contributed by atoms with Gasteiger partial charge in [-0.2, -0.15) is 0 Å². The van der Waals surface area contributed by atoms with E-state index in [1.165, 1.54) is 0 Å². The van der Waals surface area contributed by atoms with E-state index in [1.807, 2.05) is 79.8 Å². The molecule has 1 amide bonds. The number of benzene rings is 3. The third kappa shape index (κ3) is 5.06. The van der Waals surface area contributed by atoms with Crippen LogP contribution in [0.2, 0.25) is 0 Å². The van der Waals surface area contributed by atoms with Crippen molar-refractivity contribution in [2.45, 2.75) is 19.1 Å². The highest BCUT2D eigenvalue weighted by Gasteiger charge is 2.17. The van der Waals surface area contributed by atoms with Gasteiger partial charge >= 0.3 is 0 Å². The van der Waals surface area contributed by atoms with Crippen LogP contribution in [0, 0.1) is 0 Å². The second-order valence-electron chi connectivity index (χ2n) is 6.99. The van der Waals surface area contributed by atoms with Crippen LogP contribution in [0.5, 0.6) is 0 Å². The van der Waals surface area contributed by atoms with E-state index >= 15 is 0 Å². The Hall–Kier alpha value is -2.95. The first-order valence-electron chi connectivity index (χ1n) is 9.44. The van der Waals surface area contributed by atoms with E-state index in [1.54, 1.807) is 12.1 Å². The molecule has 28 heavy (non-hydrogen) atoms. The number of hydrogen-bond acceptors (Lipinski definition) is 3. The Labute approximate surface area is 166 Å². The van der Waals surface area contributed by atoms with Gasteiger partial charge in [-0.1, -0.05) is 60.7 Å². The van der Waals surface area contributed by atoms with Crippen LogP contribution in [-0.2, 0) is 0 Å². The lowest BCUT2D eigenvalue weighted by Crippen LogP contribution is -2.27. The maximum Gasteiger partial charge on any atom is 0.255 e. The minimum absolute atomic E-state index is 0.0898. The van der Waals surface area contributed by atoms with Crippen LogP contribution >= 0.6 is 0 Å². The van der Waals surface area contributed by atoms with Crippen molar-refractivity contribution >= 4 is 11.6 Å². The minimum atomic E-state index is -0.547. The molecule has 0 aliphatic carbocycles. The molecule has 0 aromatic heterocycles. The van der Waals surface area contributed by atoms with Gasteiger partial charge in [-0.3, -0.25) is 9.69 Å². The van der Waals surface area contributed by atoms with Gasteiger partial charge in [0, 0.05) is 23.8 Å². The van der Waals surface area contributed by atoms with Crippen LogP contribution in [0.15, 0.2) is 84.9 Å². The highest BCUT2D eigenvalue weighted by Crippen LogP contribution is 2.24. The number of nitrogens with zero attached hydrogens (tertiary/aromatic N) is 1. The summed E-state index contributed by atoms with van der Waals surface area (Å²) in [5.41, 5.74) is 3.37. The standard InChI is InChI=1S/C24H26N2O2/c1-18(26(2)17-23(27)19-10-5-3-6-11-19)21-14-9-15-22(16-21)25-24(28)20-12-7-4-8-13-20/h3-16,18,23,27H,17H2,1-2H3,(H,25,28)/t18-,23-/m1/s1. The number of carbonyl (C=O) groups is 1. The van der Waals surface area contributed by atoms with Crippen LogP contribution in [0.25, 0.3) is 0 Å². The molecule has 0 spiro atoms. The molecule has 2 N–H and O–H groups in total. The molecule has 0 fully saturated rings. The first kappa shape index (κ1) is 19.8. The highest BCUT2D eigenvalue weighted by atomic mass is 16.3. The summed E-state index contributed by atoms with van der Waals surface area (Å²) in [4.78, 5) is 14.5. The van der Waals surface area contributed by atoms with Gasteiger partial charge in [0.1, 0.15) is 0 Å². The average molecular weight is 374 g/mol. The van der Waals surface area contributed by atoms with Gasteiger partial charge in [0.2, 0.25) is 0 Å². The maximum absolute atomic E-state index is 12.4. The fraction of sp³-hybridized carbons (Fsp3) is 0.208. The van der Waals surface area contributed by atoms with E-state index in [2.05, 4.69) is 17.1 Å². The Morgan fingerprint density at radius 2 is 1.54 bits per heavy atom. The van der Waals surface area contributed by atoms with Crippen LogP contribution in [0.3, 0.4) is 0 Å². The van der Waals surface area contributed by atoms with E-state index in [4.69, 9.17) is 0 Å². The molecular formula is C24H26N2O2. The van der Waals surface area contributed by atoms with Crippen LogP contribution < -0.4 is 5.32 Å². The summed E-state index contributed by atoms with van der Waals surface area (Å²) >= 11 is 0. The van der Waals surface area contributed by atoms with E-state index in [0.29, 0.717) is 12.1 Å². The molecule has 3 aromatic rings. The predicted octanol–water partition coefficient (Wildman–Crippen LogP) is 4.67. The van der Waals surface area contributed by atoms with Crippen molar-refractivity contribution in [2.75, 3.05) is 18.9 Å². The Morgan fingerprint density at radius 1 is 0.929 bits per heavy atom. The zero-order valence-corrected chi connectivity index (χ0v) is 16.2. The number of anilines is 1. The lowest BCUT2D eigenvalue weighted by molar-refractivity contribution is 0.102. The second-order valence-corrected chi connectivity index (χ2v) is 6.99. The number of rotatable bonds is 7. The van der Waals surface area contributed by atoms with Gasteiger partial charge in [-0.05, 0) is 49.4 Å². The molecule has 0 saturated carbocycles. The molecule has 4 heteroatoms. The smallest absolute Gasteiger partial charge is 0.255 e. The molecule has 0 heterocycles. The number of amides is 1. The van der Waals surface area contributed by atoms with Gasteiger partial charge in [0.25, 0.3) is 5.91 Å². The molecule has 0 saturated heterocycles. The molecule has 0 aliphatic heterocycles. The van der Waals surface area contributed by atoms with Crippen molar-refractivity contribution in [2.24, 2.45) is 0 Å². The minimum Gasteiger partial charge on any atom is -0.387 e. The molecule has 2 atom stereocenters. The normalized spacial score (nSPS) is 13.1. The number of carbonyl (C=O) groups excluding carboxylic acids is 1. The average Bonchev–Trinajstić information content (AvgIpc) is 2.74. The van der Waals surface area contributed by atoms with Crippen molar-refractivity contribution in [3.05, 3.63) is 102 Å². The number of aliphatic hydroxyl groups is 1. The van der Waals surface area contributed by atoms with Crippen molar-refractivity contribution in [1.82, 2.24) is 4.90 Å². The van der Waals surface area contributed by atoms with E-state index in [9.17, 15) is 9.90 Å². The Kier molecular flexibility index (Phi) is 6.58. The Bertz CT molecular complexity index is 897. The summed E-state index contributed by atoms with van der Waals surface area (Å²) in [5, 5.41) is 13.4. The van der Waals surface area contributed by atoms with E-state index < -0.39 is 6.10 Å². The molecule has 0 unspecified atom stereocenters. The Balaban J connectivity index is 1.66. The zero-order valence-electron chi connectivity index (χ0n) is 16.2. The highest BCUT2D eigenvalue weighted by molar-refractivity contribution is 6.04. The van der Waals surface area contributed by atoms with Crippen molar-refractivity contribution in [1.29, 1.82) is 0 Å². The predicted molar refractivity (Wildman–Crippen MR) is 113 cm³/mol. The fourth-order valence-electron chi connectivity index (χ4n) is 3.14. The third-order valence-corrected chi connectivity index (χ3v) is 4.97. The maximum atomic E-state index is 12.4. The molecular weight excluding hydrogens is 348 g/mol. The topological polar surface area (TPSA) is 52.6 Å². The summed E-state index contributed by atoms with van der Waals surface area (Å²) < 4.78 is 0. The van der Waals surface area contributed by atoms with Gasteiger partial charge in [-0.15, -0.1) is 0 Å². The molecule has 144 valence electrons. The first-order valence-corrected chi connectivity index (χ1v) is 9.44. The van der Waals surface area contributed by atoms with Gasteiger partial charge in [0.15, 0.2) is 0 Å². The van der Waals surface area contributed by atoms with E-state index in [0.717, 1.165) is 16.8 Å². The Morgan fingerprint density at radius 3 is 2.21 bits per heavy atom. The molecule has 0 radical (unpaired) electrons. The molecule has 0 aliphatic rings. The number of hydrogen-bond donors (Lipinski definition) is 2. The van der Waals surface area contributed by atoms with Gasteiger partial charge in [-0.25, -0.2) is 0 Å². The monoisotopic (exact) mass is 374 g/mol.